The van der Waals surface area contributed by atoms with E-state index in [9.17, 15) is 0 Å². The van der Waals surface area contributed by atoms with Crippen LogP contribution in [0.5, 0.6) is 0 Å². The van der Waals surface area contributed by atoms with Crippen molar-refractivity contribution in [3.8, 4) is 0 Å². The highest BCUT2D eigenvalue weighted by Gasteiger charge is 2.52. The molecule has 0 radical (unpaired) electrons. The van der Waals surface area contributed by atoms with Gasteiger partial charge in [0.05, 0.1) is 17.3 Å². The van der Waals surface area contributed by atoms with Gasteiger partial charge in [0.1, 0.15) is 18.3 Å². The molecule has 140 valence electrons. The van der Waals surface area contributed by atoms with Gasteiger partial charge in [0.15, 0.2) is 11.6 Å². The van der Waals surface area contributed by atoms with Crippen molar-refractivity contribution in [2.24, 2.45) is 0 Å². The van der Waals surface area contributed by atoms with Gasteiger partial charge in [0.2, 0.25) is 0 Å². The quantitative estimate of drug-likeness (QED) is 0.727. The zero-order valence-electron chi connectivity index (χ0n) is 15.3. The van der Waals surface area contributed by atoms with Crippen LogP contribution in [0.3, 0.4) is 0 Å². The monoisotopic (exact) mass is 378 g/mol. The van der Waals surface area contributed by atoms with Crippen molar-refractivity contribution in [3.05, 3.63) is 0 Å². The van der Waals surface area contributed by atoms with Crippen LogP contribution in [0.1, 0.15) is 40.5 Å². The average molecular weight is 379 g/mol. The Morgan fingerprint density at radius 3 is 2.33 bits per heavy atom. The number of hydrogen-bond donors (Lipinski definition) is 0. The predicted molar refractivity (Wildman–Crippen MR) is 97.5 cm³/mol. The number of thioether (sulfide) groups is 2. The Labute approximate surface area is 153 Å². The summed E-state index contributed by atoms with van der Waals surface area (Å²) in [5.41, 5.74) is 0. The summed E-state index contributed by atoms with van der Waals surface area (Å²) in [6.07, 6.45) is 1.80. The van der Waals surface area contributed by atoms with Crippen LogP contribution < -0.4 is 0 Å². The van der Waals surface area contributed by atoms with Gasteiger partial charge in [-0.3, -0.25) is 0 Å². The molecular weight excluding hydrogens is 348 g/mol. The molecule has 3 fully saturated rings. The third-order valence-electron chi connectivity index (χ3n) is 4.55. The van der Waals surface area contributed by atoms with Crippen LogP contribution in [0.25, 0.3) is 0 Å². The summed E-state index contributed by atoms with van der Waals surface area (Å²) in [4.78, 5) is 0. The normalized spacial score (nSPS) is 37.6. The molecule has 0 aromatic heterocycles. The van der Waals surface area contributed by atoms with E-state index in [0.29, 0.717) is 11.2 Å². The summed E-state index contributed by atoms with van der Waals surface area (Å²) in [7, 11) is 1.77. The van der Waals surface area contributed by atoms with Crippen LogP contribution >= 0.6 is 23.5 Å². The molecule has 3 saturated heterocycles. The molecule has 0 amide bonds. The Balaban J connectivity index is 1.69. The summed E-state index contributed by atoms with van der Waals surface area (Å²) < 4.78 is 30.6. The van der Waals surface area contributed by atoms with Gasteiger partial charge in [-0.25, -0.2) is 0 Å². The van der Waals surface area contributed by atoms with Gasteiger partial charge in [0.25, 0.3) is 0 Å². The molecule has 3 rings (SSSR count). The van der Waals surface area contributed by atoms with Crippen LogP contribution in [-0.2, 0) is 23.7 Å². The van der Waals surface area contributed by atoms with E-state index in [1.165, 1.54) is 17.9 Å². The molecule has 7 heteroatoms. The van der Waals surface area contributed by atoms with Crippen molar-refractivity contribution in [2.75, 3.05) is 25.2 Å². The van der Waals surface area contributed by atoms with Crippen LogP contribution in [0.2, 0.25) is 0 Å². The van der Waals surface area contributed by atoms with Crippen LogP contribution in [0.4, 0.5) is 0 Å². The topological polar surface area (TPSA) is 46.2 Å². The van der Waals surface area contributed by atoms with Crippen molar-refractivity contribution >= 4 is 23.5 Å². The third-order valence-corrected chi connectivity index (χ3v) is 7.54. The van der Waals surface area contributed by atoms with Gasteiger partial charge < -0.3 is 23.7 Å². The minimum atomic E-state index is -0.630. The van der Waals surface area contributed by atoms with Crippen LogP contribution in [0.15, 0.2) is 0 Å². The first-order valence-electron chi connectivity index (χ1n) is 8.73. The first-order chi connectivity index (χ1) is 11.3. The Kier molecular flexibility index (Phi) is 6.12. The van der Waals surface area contributed by atoms with Crippen molar-refractivity contribution in [2.45, 2.75) is 81.1 Å². The van der Waals surface area contributed by atoms with E-state index in [2.05, 4.69) is 0 Å². The van der Waals surface area contributed by atoms with Crippen LogP contribution in [0, 0.1) is 0 Å². The molecule has 0 bridgehead atoms. The molecule has 0 aromatic rings. The molecule has 4 atom stereocenters. The molecule has 0 spiro atoms. The molecule has 0 N–H and O–H groups in total. The Bertz CT molecular complexity index is 425. The summed E-state index contributed by atoms with van der Waals surface area (Å²) in [6.45, 7) is 8.31. The van der Waals surface area contributed by atoms with E-state index in [4.69, 9.17) is 23.7 Å². The minimum Gasteiger partial charge on any atom is -0.379 e. The minimum absolute atomic E-state index is 0.00723. The Hall–Kier alpha value is 0.500. The zero-order chi connectivity index (χ0) is 17.4. The molecule has 3 aliphatic heterocycles. The fourth-order valence-electron chi connectivity index (χ4n) is 3.50. The van der Waals surface area contributed by atoms with E-state index >= 15 is 0 Å². The second-order valence-electron chi connectivity index (χ2n) is 7.47. The molecule has 3 aliphatic rings. The fourth-order valence-corrected chi connectivity index (χ4v) is 6.44. The Morgan fingerprint density at radius 2 is 1.75 bits per heavy atom. The van der Waals surface area contributed by atoms with Gasteiger partial charge in [-0.2, -0.15) is 0 Å². The Morgan fingerprint density at radius 1 is 1.04 bits per heavy atom. The first kappa shape index (κ1) is 19.3. The lowest BCUT2D eigenvalue weighted by molar-refractivity contribution is -0.175. The number of hydrogen-bond acceptors (Lipinski definition) is 7. The van der Waals surface area contributed by atoms with Gasteiger partial charge in [-0.05, 0) is 52.0 Å². The highest BCUT2D eigenvalue weighted by Crippen LogP contribution is 2.40. The summed E-state index contributed by atoms with van der Waals surface area (Å²) in [5, 5.41) is 0. The lowest BCUT2D eigenvalue weighted by Crippen LogP contribution is -2.45. The van der Waals surface area contributed by atoms with Crippen molar-refractivity contribution in [3.63, 3.8) is 0 Å². The third kappa shape index (κ3) is 4.61. The fraction of sp³-hybridized carbons (Fsp3) is 1.00. The smallest absolute Gasteiger partial charge is 0.164 e. The second-order valence-corrected chi connectivity index (χ2v) is 10.4. The number of rotatable bonds is 5. The molecule has 0 unspecified atom stereocenters. The lowest BCUT2D eigenvalue weighted by Gasteiger charge is -2.31. The molecule has 3 heterocycles. The summed E-state index contributed by atoms with van der Waals surface area (Å²) >= 11 is 4.06. The van der Waals surface area contributed by atoms with Gasteiger partial charge in [-0.1, -0.05) is 0 Å². The maximum Gasteiger partial charge on any atom is 0.164 e. The largest absolute Gasteiger partial charge is 0.379 e. The van der Waals surface area contributed by atoms with E-state index in [-0.39, 0.29) is 24.4 Å². The first-order valence-corrected chi connectivity index (χ1v) is 10.8. The molecule has 24 heavy (non-hydrogen) atoms. The predicted octanol–water partition coefficient (Wildman–Crippen LogP) is 3.26. The maximum absolute atomic E-state index is 6.24. The highest BCUT2D eigenvalue weighted by atomic mass is 32.2. The van der Waals surface area contributed by atoms with Crippen molar-refractivity contribution in [1.29, 1.82) is 0 Å². The molecule has 5 nitrogen and oxygen atoms in total. The van der Waals surface area contributed by atoms with E-state index in [1.807, 2.05) is 51.2 Å². The lowest BCUT2D eigenvalue weighted by atomic mass is 10.0. The summed E-state index contributed by atoms with van der Waals surface area (Å²) in [5.74, 6) is 1.27. The molecule has 0 aromatic carbocycles. The standard InChI is InChI=1S/C17H30O5S2/c1-16(2)19-10-12(20-16)15-14(21-17(3,4)22-15)11(18-5)9-13-23-7-6-8-24-13/h11-15H,6-10H2,1-5H3/t11-,12-,14-,15-/m1/s1. The van der Waals surface area contributed by atoms with Crippen molar-refractivity contribution in [1.82, 2.24) is 0 Å². The molecule has 0 saturated carbocycles. The zero-order valence-corrected chi connectivity index (χ0v) is 16.9. The maximum atomic E-state index is 6.24. The van der Waals surface area contributed by atoms with E-state index in [0.717, 1.165) is 6.42 Å². The van der Waals surface area contributed by atoms with E-state index in [1.54, 1.807) is 7.11 Å². The molecular formula is C17H30O5S2. The van der Waals surface area contributed by atoms with Crippen molar-refractivity contribution < 1.29 is 23.7 Å². The van der Waals surface area contributed by atoms with Gasteiger partial charge in [0, 0.05) is 7.11 Å². The summed E-state index contributed by atoms with van der Waals surface area (Å²) in [6, 6.07) is 0. The SMILES string of the molecule is CO[C@H](CC1SCCCS1)[C@H]1OC(C)(C)O[C@@H]1[C@H]1COC(C)(C)O1. The van der Waals surface area contributed by atoms with Gasteiger partial charge in [-0.15, -0.1) is 23.5 Å². The second kappa shape index (κ2) is 7.62. The van der Waals surface area contributed by atoms with Gasteiger partial charge >= 0.3 is 0 Å². The van der Waals surface area contributed by atoms with E-state index < -0.39 is 11.6 Å². The number of ether oxygens (including phenoxy) is 5. The molecule has 0 aliphatic carbocycles. The van der Waals surface area contributed by atoms with Crippen LogP contribution in [-0.4, -0.2) is 65.8 Å². The number of methoxy groups -OCH3 is 1. The highest BCUT2D eigenvalue weighted by molar-refractivity contribution is 8.17. The average Bonchev–Trinajstić information content (AvgIpc) is 3.05.